The van der Waals surface area contributed by atoms with Crippen molar-refractivity contribution in [2.45, 2.75) is 31.8 Å². The molecule has 3 aliphatic heterocycles. The van der Waals surface area contributed by atoms with Gasteiger partial charge in [0.15, 0.2) is 0 Å². The molecule has 8 heteroatoms. The Morgan fingerprint density at radius 3 is 2.03 bits per heavy atom. The summed E-state index contributed by atoms with van der Waals surface area (Å²) in [6, 6.07) is 2.72. The van der Waals surface area contributed by atoms with E-state index in [9.17, 15) is 8.78 Å². The standard InChI is InChI=1S/C21H31F2N5O/c1-26-10-12-28(13-11-26)21-15-18(22)20(14-19(21)23)27-8-4-16(5-9-27)25-29-17-2-6-24-7-3-17/h14-15,17,24H,2-13H2,1H3. The molecule has 0 spiro atoms. The highest BCUT2D eigenvalue weighted by molar-refractivity contribution is 5.86. The molecule has 3 saturated heterocycles. The Morgan fingerprint density at radius 2 is 1.45 bits per heavy atom. The molecule has 3 fully saturated rings. The van der Waals surface area contributed by atoms with E-state index in [-0.39, 0.29) is 17.7 Å². The minimum atomic E-state index is -0.355. The maximum atomic E-state index is 14.8. The van der Waals surface area contributed by atoms with E-state index < -0.39 is 0 Å². The van der Waals surface area contributed by atoms with Gasteiger partial charge in [0.25, 0.3) is 0 Å². The Kier molecular flexibility index (Phi) is 6.50. The first kappa shape index (κ1) is 20.3. The van der Waals surface area contributed by atoms with Gasteiger partial charge in [-0.05, 0) is 33.0 Å². The van der Waals surface area contributed by atoms with Gasteiger partial charge in [0.1, 0.15) is 17.7 Å². The molecule has 0 amide bonds. The molecule has 4 rings (SSSR count). The number of benzene rings is 1. The van der Waals surface area contributed by atoms with Crippen molar-refractivity contribution in [3.63, 3.8) is 0 Å². The van der Waals surface area contributed by atoms with Gasteiger partial charge in [0.2, 0.25) is 0 Å². The number of nitrogens with one attached hydrogen (secondary N) is 1. The zero-order valence-electron chi connectivity index (χ0n) is 17.2. The summed E-state index contributed by atoms with van der Waals surface area (Å²) in [6.07, 6.45) is 3.58. The van der Waals surface area contributed by atoms with Crippen LogP contribution in [0.25, 0.3) is 0 Å². The average molecular weight is 408 g/mol. The molecular formula is C21H31F2N5O. The van der Waals surface area contributed by atoms with Gasteiger partial charge >= 0.3 is 0 Å². The van der Waals surface area contributed by atoms with E-state index >= 15 is 0 Å². The number of nitrogens with zero attached hydrogens (tertiary/aromatic N) is 4. The van der Waals surface area contributed by atoms with Crippen LogP contribution in [0.15, 0.2) is 17.3 Å². The molecule has 160 valence electrons. The van der Waals surface area contributed by atoms with E-state index in [1.54, 1.807) is 0 Å². The SMILES string of the molecule is CN1CCN(c2cc(F)c(N3CCC(=NOC4CCNCC4)CC3)cc2F)CC1. The van der Waals surface area contributed by atoms with Gasteiger partial charge in [-0.25, -0.2) is 8.78 Å². The fourth-order valence-electron chi connectivity index (χ4n) is 4.20. The van der Waals surface area contributed by atoms with Crippen molar-refractivity contribution in [2.75, 3.05) is 69.2 Å². The minimum Gasteiger partial charge on any atom is -0.392 e. The summed E-state index contributed by atoms with van der Waals surface area (Å²) < 4.78 is 29.6. The lowest BCUT2D eigenvalue weighted by Crippen LogP contribution is -2.45. The van der Waals surface area contributed by atoms with Crippen LogP contribution in [0.2, 0.25) is 0 Å². The summed E-state index contributed by atoms with van der Waals surface area (Å²) in [5, 5.41) is 7.65. The maximum Gasteiger partial charge on any atom is 0.148 e. The van der Waals surface area contributed by atoms with Crippen molar-refractivity contribution in [3.05, 3.63) is 23.8 Å². The Morgan fingerprint density at radius 1 is 0.897 bits per heavy atom. The topological polar surface area (TPSA) is 43.3 Å². The number of piperazine rings is 1. The second-order valence-electron chi connectivity index (χ2n) is 8.24. The third-order valence-electron chi connectivity index (χ3n) is 6.16. The summed E-state index contributed by atoms with van der Waals surface area (Å²) in [5.74, 6) is -0.702. The lowest BCUT2D eigenvalue weighted by molar-refractivity contribution is 0.0368. The lowest BCUT2D eigenvalue weighted by atomic mass is 10.1. The van der Waals surface area contributed by atoms with E-state index in [1.165, 1.54) is 12.1 Å². The zero-order valence-corrected chi connectivity index (χ0v) is 17.2. The normalized spacial score (nSPS) is 22.1. The number of hydrogen-bond acceptors (Lipinski definition) is 6. The van der Waals surface area contributed by atoms with Crippen LogP contribution >= 0.6 is 0 Å². The van der Waals surface area contributed by atoms with Crippen molar-refractivity contribution >= 4 is 17.1 Å². The fraction of sp³-hybridized carbons (Fsp3) is 0.667. The lowest BCUT2D eigenvalue weighted by Gasteiger charge is -2.35. The maximum absolute atomic E-state index is 14.8. The second-order valence-corrected chi connectivity index (χ2v) is 8.24. The highest BCUT2D eigenvalue weighted by Crippen LogP contribution is 2.30. The number of anilines is 2. The monoisotopic (exact) mass is 407 g/mol. The highest BCUT2D eigenvalue weighted by Gasteiger charge is 2.24. The predicted octanol–water partition coefficient (Wildman–Crippen LogP) is 2.44. The summed E-state index contributed by atoms with van der Waals surface area (Å²) in [4.78, 5) is 11.7. The Hall–Kier alpha value is -1.93. The smallest absolute Gasteiger partial charge is 0.148 e. The number of oxime groups is 1. The molecule has 1 aromatic carbocycles. The quantitative estimate of drug-likeness (QED) is 0.777. The average Bonchev–Trinajstić information content (AvgIpc) is 2.75. The molecule has 0 bridgehead atoms. The van der Waals surface area contributed by atoms with Crippen molar-refractivity contribution in [3.8, 4) is 0 Å². The first-order chi connectivity index (χ1) is 14.1. The van der Waals surface area contributed by atoms with Crippen molar-refractivity contribution in [1.29, 1.82) is 0 Å². The molecule has 0 saturated carbocycles. The molecule has 0 atom stereocenters. The molecular weight excluding hydrogens is 376 g/mol. The van der Waals surface area contributed by atoms with Gasteiger partial charge in [0.05, 0.1) is 17.1 Å². The largest absolute Gasteiger partial charge is 0.392 e. The third kappa shape index (κ3) is 4.98. The van der Waals surface area contributed by atoms with Crippen LogP contribution in [-0.2, 0) is 4.84 Å². The number of piperidine rings is 2. The number of rotatable bonds is 4. The fourth-order valence-corrected chi connectivity index (χ4v) is 4.20. The molecule has 3 heterocycles. The van der Waals surface area contributed by atoms with Gasteiger partial charge in [0, 0.05) is 64.2 Å². The van der Waals surface area contributed by atoms with Gasteiger partial charge in [-0.3, -0.25) is 0 Å². The zero-order chi connectivity index (χ0) is 20.2. The molecule has 6 nitrogen and oxygen atoms in total. The molecule has 0 radical (unpaired) electrons. The van der Waals surface area contributed by atoms with Crippen LogP contribution < -0.4 is 15.1 Å². The number of likely N-dealkylation sites (N-methyl/N-ethyl adjacent to an activating group) is 1. The van der Waals surface area contributed by atoms with E-state index in [1.807, 2.05) is 16.8 Å². The molecule has 0 aromatic heterocycles. The third-order valence-corrected chi connectivity index (χ3v) is 6.16. The van der Waals surface area contributed by atoms with Crippen LogP contribution in [0.5, 0.6) is 0 Å². The van der Waals surface area contributed by atoms with Crippen molar-refractivity contribution < 1.29 is 13.6 Å². The molecule has 0 unspecified atom stereocenters. The van der Waals surface area contributed by atoms with Crippen LogP contribution in [0.1, 0.15) is 25.7 Å². The van der Waals surface area contributed by atoms with Crippen molar-refractivity contribution in [2.24, 2.45) is 5.16 Å². The van der Waals surface area contributed by atoms with Gasteiger partial charge in [-0.15, -0.1) is 0 Å². The van der Waals surface area contributed by atoms with Crippen LogP contribution in [-0.4, -0.2) is 76.1 Å². The Labute approximate surface area is 171 Å². The predicted molar refractivity (Wildman–Crippen MR) is 112 cm³/mol. The number of halogens is 2. The first-order valence-electron chi connectivity index (χ1n) is 10.7. The highest BCUT2D eigenvalue weighted by atomic mass is 19.1. The molecule has 0 aliphatic carbocycles. The van der Waals surface area contributed by atoms with Gasteiger partial charge < -0.3 is 24.9 Å². The van der Waals surface area contributed by atoms with Gasteiger partial charge in [-0.1, -0.05) is 5.16 Å². The molecule has 1 N–H and O–H groups in total. The number of hydrogen-bond donors (Lipinski definition) is 1. The van der Waals surface area contributed by atoms with Crippen LogP contribution in [0.4, 0.5) is 20.2 Å². The summed E-state index contributed by atoms with van der Waals surface area (Å²) in [7, 11) is 2.04. The summed E-state index contributed by atoms with van der Waals surface area (Å²) in [6.45, 7) is 6.33. The Bertz CT molecular complexity index is 720. The second kappa shape index (κ2) is 9.26. The van der Waals surface area contributed by atoms with Crippen LogP contribution in [0, 0.1) is 11.6 Å². The molecule has 29 heavy (non-hydrogen) atoms. The first-order valence-corrected chi connectivity index (χ1v) is 10.7. The van der Waals surface area contributed by atoms with E-state index in [0.29, 0.717) is 50.4 Å². The molecule has 3 aliphatic rings. The summed E-state index contributed by atoms with van der Waals surface area (Å²) in [5.41, 5.74) is 1.72. The van der Waals surface area contributed by atoms with Crippen molar-refractivity contribution in [1.82, 2.24) is 10.2 Å². The van der Waals surface area contributed by atoms with E-state index in [0.717, 1.165) is 44.7 Å². The minimum absolute atomic E-state index is 0.190. The van der Waals surface area contributed by atoms with Gasteiger partial charge in [-0.2, -0.15) is 0 Å². The summed E-state index contributed by atoms with van der Waals surface area (Å²) >= 11 is 0. The van der Waals surface area contributed by atoms with E-state index in [4.69, 9.17) is 4.84 Å². The molecule has 1 aromatic rings. The van der Waals surface area contributed by atoms with Crippen LogP contribution in [0.3, 0.4) is 0 Å². The Balaban J connectivity index is 1.36. The van der Waals surface area contributed by atoms with E-state index in [2.05, 4.69) is 15.4 Å².